The largest absolute Gasteiger partial charge is 0.351 e. The van der Waals surface area contributed by atoms with Crippen molar-refractivity contribution in [1.29, 1.82) is 0 Å². The van der Waals surface area contributed by atoms with Gasteiger partial charge in [0.05, 0.1) is 0 Å². The first kappa shape index (κ1) is 14.0. The minimum Gasteiger partial charge on any atom is -0.351 e. The van der Waals surface area contributed by atoms with E-state index < -0.39 is 0 Å². The standard InChI is InChI=1S/C15H21FN2O/c1-12-5-6-13(16)11-14(12)15(19)17-7-10-18-8-3-2-4-9-18/h5-6,11H,2-4,7-10H2,1H3,(H,17,19). The molecule has 1 aliphatic heterocycles. The van der Waals surface area contributed by atoms with Crippen LogP contribution in [0.2, 0.25) is 0 Å². The highest BCUT2D eigenvalue weighted by atomic mass is 19.1. The van der Waals surface area contributed by atoms with Crippen molar-refractivity contribution < 1.29 is 9.18 Å². The summed E-state index contributed by atoms with van der Waals surface area (Å²) in [6, 6.07) is 4.31. The van der Waals surface area contributed by atoms with Crippen molar-refractivity contribution in [3.05, 3.63) is 35.1 Å². The second-order valence-corrected chi connectivity index (χ2v) is 5.12. The minimum atomic E-state index is -0.369. The molecule has 1 amide bonds. The molecule has 0 radical (unpaired) electrons. The maximum absolute atomic E-state index is 13.1. The van der Waals surface area contributed by atoms with Crippen LogP contribution in [0.1, 0.15) is 35.2 Å². The third-order valence-electron chi connectivity index (χ3n) is 3.61. The summed E-state index contributed by atoms with van der Waals surface area (Å²) >= 11 is 0. The number of carbonyl (C=O) groups is 1. The molecule has 0 bridgehead atoms. The molecule has 1 saturated heterocycles. The first-order valence-electron chi connectivity index (χ1n) is 6.93. The highest BCUT2D eigenvalue weighted by molar-refractivity contribution is 5.95. The number of rotatable bonds is 4. The molecule has 0 unspecified atom stereocenters. The molecule has 0 aromatic heterocycles. The van der Waals surface area contributed by atoms with Crippen LogP contribution in [-0.2, 0) is 0 Å². The SMILES string of the molecule is Cc1ccc(F)cc1C(=O)NCCN1CCCCC1. The van der Waals surface area contributed by atoms with Crippen LogP contribution in [0.25, 0.3) is 0 Å². The van der Waals surface area contributed by atoms with E-state index in [2.05, 4.69) is 10.2 Å². The van der Waals surface area contributed by atoms with Crippen molar-refractivity contribution in [2.24, 2.45) is 0 Å². The van der Waals surface area contributed by atoms with Crippen molar-refractivity contribution >= 4 is 5.91 Å². The van der Waals surface area contributed by atoms with Crippen LogP contribution in [0.4, 0.5) is 4.39 Å². The second kappa shape index (κ2) is 6.66. The summed E-state index contributed by atoms with van der Waals surface area (Å²) in [4.78, 5) is 14.3. The Hall–Kier alpha value is -1.42. The van der Waals surface area contributed by atoms with Crippen LogP contribution >= 0.6 is 0 Å². The number of likely N-dealkylation sites (tertiary alicyclic amines) is 1. The normalized spacial score (nSPS) is 16.3. The minimum absolute atomic E-state index is 0.186. The number of aryl methyl sites for hydroxylation is 1. The number of hydrogen-bond donors (Lipinski definition) is 1. The molecule has 1 aromatic rings. The molecule has 0 saturated carbocycles. The molecule has 1 aromatic carbocycles. The zero-order valence-electron chi connectivity index (χ0n) is 11.4. The van der Waals surface area contributed by atoms with Gasteiger partial charge in [-0.15, -0.1) is 0 Å². The fourth-order valence-corrected chi connectivity index (χ4v) is 2.44. The number of carbonyl (C=O) groups excluding carboxylic acids is 1. The summed E-state index contributed by atoms with van der Waals surface area (Å²) in [6.07, 6.45) is 3.80. The smallest absolute Gasteiger partial charge is 0.251 e. The van der Waals surface area contributed by atoms with Crippen molar-refractivity contribution in [3.8, 4) is 0 Å². The lowest BCUT2D eigenvalue weighted by Crippen LogP contribution is -2.37. The molecule has 0 aliphatic carbocycles. The molecule has 1 aliphatic rings. The Bertz CT molecular complexity index is 442. The summed E-state index contributed by atoms with van der Waals surface area (Å²) in [6.45, 7) is 5.55. The van der Waals surface area contributed by atoms with E-state index in [1.165, 1.54) is 31.4 Å². The van der Waals surface area contributed by atoms with Gasteiger partial charge in [-0.25, -0.2) is 4.39 Å². The van der Waals surface area contributed by atoms with Gasteiger partial charge in [0.25, 0.3) is 5.91 Å². The number of amides is 1. The summed E-state index contributed by atoms with van der Waals surface area (Å²) in [5.41, 5.74) is 1.23. The Morgan fingerprint density at radius 3 is 2.79 bits per heavy atom. The first-order valence-corrected chi connectivity index (χ1v) is 6.93. The third kappa shape index (κ3) is 4.03. The van der Waals surface area contributed by atoms with Gasteiger partial charge in [-0.2, -0.15) is 0 Å². The van der Waals surface area contributed by atoms with Crippen LogP contribution in [0.15, 0.2) is 18.2 Å². The van der Waals surface area contributed by atoms with Gasteiger partial charge >= 0.3 is 0 Å². The van der Waals surface area contributed by atoms with Crippen molar-refractivity contribution in [2.45, 2.75) is 26.2 Å². The lowest BCUT2D eigenvalue weighted by atomic mass is 10.1. The van der Waals surface area contributed by atoms with Gasteiger partial charge in [0.1, 0.15) is 5.82 Å². The van der Waals surface area contributed by atoms with Crippen LogP contribution in [0.5, 0.6) is 0 Å². The molecule has 3 nitrogen and oxygen atoms in total. The maximum Gasteiger partial charge on any atom is 0.251 e. The molecular formula is C15H21FN2O. The summed E-state index contributed by atoms with van der Waals surface area (Å²) in [5, 5.41) is 2.87. The van der Waals surface area contributed by atoms with E-state index in [0.717, 1.165) is 25.2 Å². The van der Waals surface area contributed by atoms with E-state index >= 15 is 0 Å². The molecule has 1 heterocycles. The van der Waals surface area contributed by atoms with E-state index in [-0.39, 0.29) is 11.7 Å². The zero-order chi connectivity index (χ0) is 13.7. The fourth-order valence-electron chi connectivity index (χ4n) is 2.44. The van der Waals surface area contributed by atoms with Crippen LogP contribution in [-0.4, -0.2) is 37.0 Å². The van der Waals surface area contributed by atoms with E-state index in [9.17, 15) is 9.18 Å². The van der Waals surface area contributed by atoms with Gasteiger partial charge in [0.2, 0.25) is 0 Å². The average molecular weight is 264 g/mol. The van der Waals surface area contributed by atoms with Gasteiger partial charge in [-0.3, -0.25) is 4.79 Å². The molecule has 19 heavy (non-hydrogen) atoms. The monoisotopic (exact) mass is 264 g/mol. The van der Waals surface area contributed by atoms with E-state index in [1.54, 1.807) is 6.07 Å². The number of nitrogens with zero attached hydrogens (tertiary/aromatic N) is 1. The topological polar surface area (TPSA) is 32.3 Å². The number of piperidine rings is 1. The highest BCUT2D eigenvalue weighted by Crippen LogP contribution is 2.10. The van der Waals surface area contributed by atoms with Gasteiger partial charge in [0, 0.05) is 18.7 Å². The maximum atomic E-state index is 13.1. The van der Waals surface area contributed by atoms with E-state index in [4.69, 9.17) is 0 Å². The van der Waals surface area contributed by atoms with Gasteiger partial charge in [-0.05, 0) is 50.6 Å². The van der Waals surface area contributed by atoms with Crippen molar-refractivity contribution in [3.63, 3.8) is 0 Å². The molecule has 2 rings (SSSR count). The molecule has 1 N–H and O–H groups in total. The second-order valence-electron chi connectivity index (χ2n) is 5.12. The lowest BCUT2D eigenvalue weighted by molar-refractivity contribution is 0.0945. The Balaban J connectivity index is 1.82. The quantitative estimate of drug-likeness (QED) is 0.905. The summed E-state index contributed by atoms with van der Waals surface area (Å²) < 4.78 is 13.1. The Morgan fingerprint density at radius 1 is 1.32 bits per heavy atom. The fraction of sp³-hybridized carbons (Fsp3) is 0.533. The van der Waals surface area contributed by atoms with Crippen LogP contribution in [0.3, 0.4) is 0 Å². The molecule has 1 fully saturated rings. The predicted octanol–water partition coefficient (Wildman–Crippen LogP) is 2.35. The Kier molecular flexibility index (Phi) is 4.91. The van der Waals surface area contributed by atoms with Crippen molar-refractivity contribution in [1.82, 2.24) is 10.2 Å². The molecule has 104 valence electrons. The van der Waals surface area contributed by atoms with Crippen LogP contribution < -0.4 is 5.32 Å². The number of hydrogen-bond acceptors (Lipinski definition) is 2. The molecule has 0 atom stereocenters. The van der Waals surface area contributed by atoms with Crippen molar-refractivity contribution in [2.75, 3.05) is 26.2 Å². The third-order valence-corrected chi connectivity index (χ3v) is 3.61. The van der Waals surface area contributed by atoms with E-state index in [0.29, 0.717) is 12.1 Å². The van der Waals surface area contributed by atoms with Gasteiger partial charge in [0.15, 0.2) is 0 Å². The Morgan fingerprint density at radius 2 is 2.05 bits per heavy atom. The molecule has 4 heteroatoms. The average Bonchev–Trinajstić information content (AvgIpc) is 2.42. The van der Waals surface area contributed by atoms with E-state index in [1.807, 2.05) is 6.92 Å². The summed E-state index contributed by atoms with van der Waals surface area (Å²) in [7, 11) is 0. The number of halogens is 1. The predicted molar refractivity (Wildman–Crippen MR) is 73.8 cm³/mol. The first-order chi connectivity index (χ1) is 9.16. The van der Waals surface area contributed by atoms with Crippen LogP contribution in [0, 0.1) is 12.7 Å². The number of benzene rings is 1. The Labute approximate surface area is 113 Å². The highest BCUT2D eigenvalue weighted by Gasteiger charge is 2.12. The summed E-state index contributed by atoms with van der Waals surface area (Å²) in [5.74, 6) is -0.555. The van der Waals surface area contributed by atoms with Gasteiger partial charge < -0.3 is 10.2 Å². The zero-order valence-corrected chi connectivity index (χ0v) is 11.4. The molecular weight excluding hydrogens is 243 g/mol. The lowest BCUT2D eigenvalue weighted by Gasteiger charge is -2.26. The van der Waals surface area contributed by atoms with Gasteiger partial charge in [-0.1, -0.05) is 12.5 Å². The molecule has 0 spiro atoms. The number of nitrogens with one attached hydrogen (secondary N) is 1.